The average molecular weight is 276 g/mol. The first-order valence-corrected chi connectivity index (χ1v) is 7.44. The second-order valence-electron chi connectivity index (χ2n) is 5.76. The predicted molar refractivity (Wildman–Crippen MR) is 79.3 cm³/mol. The zero-order valence-electron chi connectivity index (χ0n) is 12.6. The van der Waals surface area contributed by atoms with Crippen LogP contribution in [0.15, 0.2) is 24.3 Å². The first kappa shape index (κ1) is 15.0. The molecule has 0 bridgehead atoms. The fourth-order valence-electron chi connectivity index (χ4n) is 2.84. The summed E-state index contributed by atoms with van der Waals surface area (Å²) in [6.45, 7) is 4.11. The molecule has 1 aliphatic rings. The molecule has 0 spiro atoms. The van der Waals surface area contributed by atoms with E-state index in [0.29, 0.717) is 11.5 Å². The smallest absolute Gasteiger partial charge is 0.191 e. The van der Waals surface area contributed by atoms with Crippen LogP contribution in [0.3, 0.4) is 0 Å². The number of ketones is 1. The SMILES string of the molecule is COc1ccc(C(=O)C(C)OC2CCCC(C)C2)cc1. The molecular weight excluding hydrogens is 252 g/mol. The van der Waals surface area contributed by atoms with Crippen LogP contribution >= 0.6 is 0 Å². The first-order valence-electron chi connectivity index (χ1n) is 7.44. The maximum Gasteiger partial charge on any atom is 0.191 e. The van der Waals surface area contributed by atoms with Crippen LogP contribution < -0.4 is 4.74 Å². The van der Waals surface area contributed by atoms with Crippen LogP contribution in [-0.4, -0.2) is 25.1 Å². The van der Waals surface area contributed by atoms with Crippen molar-refractivity contribution in [3.8, 4) is 5.75 Å². The summed E-state index contributed by atoms with van der Waals surface area (Å²) in [5.74, 6) is 1.51. The summed E-state index contributed by atoms with van der Waals surface area (Å²) in [6.07, 6.45) is 4.48. The van der Waals surface area contributed by atoms with E-state index < -0.39 is 0 Å². The van der Waals surface area contributed by atoms with E-state index in [4.69, 9.17) is 9.47 Å². The van der Waals surface area contributed by atoms with Gasteiger partial charge in [0.2, 0.25) is 0 Å². The summed E-state index contributed by atoms with van der Waals surface area (Å²) >= 11 is 0. The summed E-state index contributed by atoms with van der Waals surface area (Å²) in [7, 11) is 1.62. The maximum atomic E-state index is 12.3. The number of rotatable bonds is 5. The Kier molecular flexibility index (Phi) is 5.18. The van der Waals surface area contributed by atoms with Gasteiger partial charge in [0, 0.05) is 5.56 Å². The predicted octanol–water partition coefficient (Wildman–Crippen LogP) is 3.86. The van der Waals surface area contributed by atoms with E-state index in [1.54, 1.807) is 19.2 Å². The fourth-order valence-corrected chi connectivity index (χ4v) is 2.84. The minimum absolute atomic E-state index is 0.0471. The Hall–Kier alpha value is -1.35. The number of benzene rings is 1. The van der Waals surface area contributed by atoms with Crippen LogP contribution in [0.2, 0.25) is 0 Å². The highest BCUT2D eigenvalue weighted by Crippen LogP contribution is 2.27. The number of hydrogen-bond donors (Lipinski definition) is 0. The van der Waals surface area contributed by atoms with Gasteiger partial charge in [-0.25, -0.2) is 0 Å². The standard InChI is InChI=1S/C17H24O3/c1-12-5-4-6-16(11-12)20-13(2)17(18)14-7-9-15(19-3)10-8-14/h7-10,12-13,16H,4-6,11H2,1-3H3. The van der Waals surface area contributed by atoms with Crippen molar-refractivity contribution in [2.24, 2.45) is 5.92 Å². The molecule has 1 fully saturated rings. The van der Waals surface area contributed by atoms with Crippen LogP contribution in [0.5, 0.6) is 5.75 Å². The van der Waals surface area contributed by atoms with Crippen molar-refractivity contribution >= 4 is 5.78 Å². The topological polar surface area (TPSA) is 35.5 Å². The molecule has 0 N–H and O–H groups in total. The molecule has 0 heterocycles. The Labute approximate surface area is 121 Å². The summed E-state index contributed by atoms with van der Waals surface area (Å²) in [5.41, 5.74) is 0.683. The van der Waals surface area contributed by atoms with Crippen LogP contribution in [0.4, 0.5) is 0 Å². The van der Waals surface area contributed by atoms with Gasteiger partial charge in [-0.1, -0.05) is 19.8 Å². The molecule has 0 radical (unpaired) electrons. The van der Waals surface area contributed by atoms with Gasteiger partial charge in [-0.15, -0.1) is 0 Å². The van der Waals surface area contributed by atoms with Gasteiger partial charge in [-0.2, -0.15) is 0 Å². The number of methoxy groups -OCH3 is 1. The summed E-state index contributed by atoms with van der Waals surface area (Å²) in [4.78, 5) is 12.3. The van der Waals surface area contributed by atoms with E-state index >= 15 is 0 Å². The van der Waals surface area contributed by atoms with Crippen molar-refractivity contribution in [3.63, 3.8) is 0 Å². The third kappa shape index (κ3) is 3.83. The summed E-state index contributed by atoms with van der Waals surface area (Å²) in [5, 5.41) is 0. The number of ether oxygens (including phenoxy) is 2. The lowest BCUT2D eigenvalue weighted by atomic mass is 9.88. The van der Waals surface area contributed by atoms with Crippen molar-refractivity contribution in [3.05, 3.63) is 29.8 Å². The Bertz CT molecular complexity index is 438. The minimum Gasteiger partial charge on any atom is -0.497 e. The van der Waals surface area contributed by atoms with Gasteiger partial charge in [-0.05, 0) is 49.9 Å². The minimum atomic E-state index is -0.376. The van der Waals surface area contributed by atoms with Gasteiger partial charge in [0.25, 0.3) is 0 Å². The summed E-state index contributed by atoms with van der Waals surface area (Å²) in [6, 6.07) is 7.21. The van der Waals surface area contributed by atoms with Crippen LogP contribution in [0.1, 0.15) is 49.9 Å². The molecule has 3 nitrogen and oxygen atoms in total. The third-order valence-electron chi connectivity index (χ3n) is 4.03. The van der Waals surface area contributed by atoms with Crippen LogP contribution in [-0.2, 0) is 4.74 Å². The van der Waals surface area contributed by atoms with Gasteiger partial charge in [-0.3, -0.25) is 4.79 Å². The van der Waals surface area contributed by atoms with Gasteiger partial charge in [0.05, 0.1) is 13.2 Å². The number of carbonyl (C=O) groups is 1. The van der Waals surface area contributed by atoms with Crippen molar-refractivity contribution in [2.75, 3.05) is 7.11 Å². The van der Waals surface area contributed by atoms with Crippen LogP contribution in [0.25, 0.3) is 0 Å². The van der Waals surface area contributed by atoms with E-state index in [0.717, 1.165) is 18.6 Å². The van der Waals surface area contributed by atoms with Crippen molar-refractivity contribution in [1.82, 2.24) is 0 Å². The van der Waals surface area contributed by atoms with E-state index in [1.807, 2.05) is 19.1 Å². The number of hydrogen-bond acceptors (Lipinski definition) is 3. The fraction of sp³-hybridized carbons (Fsp3) is 0.588. The van der Waals surface area contributed by atoms with Crippen molar-refractivity contribution in [2.45, 2.75) is 51.7 Å². The molecule has 2 rings (SSSR count). The van der Waals surface area contributed by atoms with Crippen LogP contribution in [0, 0.1) is 5.92 Å². The maximum absolute atomic E-state index is 12.3. The lowest BCUT2D eigenvalue weighted by molar-refractivity contribution is -0.0200. The van der Waals surface area contributed by atoms with Gasteiger partial charge in [0.1, 0.15) is 11.9 Å². The molecule has 3 atom stereocenters. The molecule has 0 aliphatic heterocycles. The molecule has 1 aromatic rings. The van der Waals surface area contributed by atoms with Gasteiger partial charge in [0.15, 0.2) is 5.78 Å². The van der Waals surface area contributed by atoms with Crippen molar-refractivity contribution in [1.29, 1.82) is 0 Å². The zero-order chi connectivity index (χ0) is 14.5. The highest BCUT2D eigenvalue weighted by Gasteiger charge is 2.24. The molecule has 1 aliphatic carbocycles. The monoisotopic (exact) mass is 276 g/mol. The van der Waals surface area contributed by atoms with Gasteiger partial charge >= 0.3 is 0 Å². The van der Waals surface area contributed by atoms with Crippen molar-refractivity contribution < 1.29 is 14.3 Å². The van der Waals surface area contributed by atoms with E-state index in [9.17, 15) is 4.79 Å². The Morgan fingerprint density at radius 1 is 1.25 bits per heavy atom. The molecular formula is C17H24O3. The molecule has 0 amide bonds. The second-order valence-corrected chi connectivity index (χ2v) is 5.76. The number of Topliss-reactive ketones (excluding diaryl/α,β-unsaturated/α-hetero) is 1. The highest BCUT2D eigenvalue weighted by atomic mass is 16.5. The normalized spacial score (nSPS) is 24.1. The lowest BCUT2D eigenvalue weighted by Crippen LogP contribution is -2.30. The molecule has 3 heteroatoms. The Morgan fingerprint density at radius 3 is 2.55 bits per heavy atom. The molecule has 3 unspecified atom stereocenters. The first-order chi connectivity index (χ1) is 9.60. The molecule has 20 heavy (non-hydrogen) atoms. The Balaban J connectivity index is 1.93. The van der Waals surface area contributed by atoms with Gasteiger partial charge < -0.3 is 9.47 Å². The average Bonchev–Trinajstić information content (AvgIpc) is 2.46. The van der Waals surface area contributed by atoms with E-state index in [1.165, 1.54) is 12.8 Å². The molecule has 0 aromatic heterocycles. The molecule has 1 aromatic carbocycles. The lowest BCUT2D eigenvalue weighted by Gasteiger charge is -2.29. The highest BCUT2D eigenvalue weighted by molar-refractivity contribution is 5.99. The molecule has 1 saturated carbocycles. The quantitative estimate of drug-likeness (QED) is 0.766. The van der Waals surface area contributed by atoms with E-state index in [2.05, 4.69) is 6.92 Å². The largest absolute Gasteiger partial charge is 0.497 e. The summed E-state index contributed by atoms with van der Waals surface area (Å²) < 4.78 is 11.1. The Morgan fingerprint density at radius 2 is 1.95 bits per heavy atom. The number of carbonyl (C=O) groups excluding carboxylic acids is 1. The third-order valence-corrected chi connectivity index (χ3v) is 4.03. The molecule has 0 saturated heterocycles. The molecule has 110 valence electrons. The zero-order valence-corrected chi connectivity index (χ0v) is 12.6. The second kappa shape index (κ2) is 6.89. The van der Waals surface area contributed by atoms with E-state index in [-0.39, 0.29) is 18.0 Å².